The van der Waals surface area contributed by atoms with Gasteiger partial charge in [-0.15, -0.1) is 0 Å². The third-order valence-electron chi connectivity index (χ3n) is 7.48. The maximum absolute atomic E-state index is 13.5. The summed E-state index contributed by atoms with van der Waals surface area (Å²) in [6.45, 7) is 4.16. The van der Waals surface area contributed by atoms with Gasteiger partial charge in [0.2, 0.25) is 5.91 Å². The Labute approximate surface area is 165 Å². The monoisotopic (exact) mass is 407 g/mol. The van der Waals surface area contributed by atoms with Gasteiger partial charge in [0.1, 0.15) is 6.23 Å². The van der Waals surface area contributed by atoms with Crippen molar-refractivity contribution in [2.45, 2.75) is 49.9 Å². The summed E-state index contributed by atoms with van der Waals surface area (Å²) in [6.07, 6.45) is -4.83. The Hall–Kier alpha value is -2.15. The smallest absolute Gasteiger partial charge is 0.365 e. The van der Waals surface area contributed by atoms with Crippen LogP contribution in [0.2, 0.25) is 0 Å². The summed E-state index contributed by atoms with van der Waals surface area (Å²) >= 11 is 0. The van der Waals surface area contributed by atoms with E-state index in [1.54, 1.807) is 6.07 Å². The zero-order valence-corrected chi connectivity index (χ0v) is 15.9. The van der Waals surface area contributed by atoms with Crippen molar-refractivity contribution < 1.29 is 27.4 Å². The number of nitriles is 1. The van der Waals surface area contributed by atoms with E-state index in [4.69, 9.17) is 20.5 Å². The molecule has 1 amide bonds. The van der Waals surface area contributed by atoms with Crippen LogP contribution in [0.15, 0.2) is 18.2 Å². The van der Waals surface area contributed by atoms with Gasteiger partial charge in [-0.25, -0.2) is 0 Å². The number of hydrogen-bond acceptors (Lipinski definition) is 5. The summed E-state index contributed by atoms with van der Waals surface area (Å²) in [5, 5.41) is 9.05. The van der Waals surface area contributed by atoms with Gasteiger partial charge in [-0.05, 0) is 25.1 Å². The van der Waals surface area contributed by atoms with E-state index in [0.29, 0.717) is 13.0 Å². The molecule has 0 unspecified atom stereocenters. The molecule has 1 aromatic rings. The minimum absolute atomic E-state index is 0.000369. The lowest BCUT2D eigenvalue weighted by Gasteiger charge is -2.46. The predicted octanol–water partition coefficient (Wildman–Crippen LogP) is 2.41. The van der Waals surface area contributed by atoms with Crippen LogP contribution < -0.4 is 10.6 Å². The molecule has 9 heteroatoms. The molecule has 4 fully saturated rings. The molecule has 2 bridgehead atoms. The van der Waals surface area contributed by atoms with Gasteiger partial charge in [0.15, 0.2) is 0 Å². The number of benzene rings is 1. The lowest BCUT2D eigenvalue weighted by atomic mass is 9.59. The number of hydrogen-bond donors (Lipinski definition) is 1. The van der Waals surface area contributed by atoms with Gasteiger partial charge in [0, 0.05) is 30.0 Å². The Morgan fingerprint density at radius 3 is 2.76 bits per heavy atom. The first kappa shape index (κ1) is 18.9. The van der Waals surface area contributed by atoms with Gasteiger partial charge in [0.25, 0.3) is 0 Å². The van der Waals surface area contributed by atoms with Crippen LogP contribution in [-0.4, -0.2) is 36.0 Å². The predicted molar refractivity (Wildman–Crippen MR) is 94.3 cm³/mol. The minimum atomic E-state index is -4.71. The van der Waals surface area contributed by atoms with Crippen LogP contribution in [0, 0.1) is 29.1 Å². The average molecular weight is 407 g/mol. The number of anilines is 1. The molecule has 1 aromatic carbocycles. The Morgan fingerprint density at radius 1 is 1.38 bits per heavy atom. The third-order valence-corrected chi connectivity index (χ3v) is 7.48. The molecular formula is C20H20F3N3O3. The molecule has 4 aliphatic heterocycles. The van der Waals surface area contributed by atoms with Crippen LogP contribution in [0.5, 0.6) is 0 Å². The molecule has 4 saturated heterocycles. The number of amides is 1. The number of fused-ring (bicyclic) bond motifs is 2. The molecule has 6 nitrogen and oxygen atoms in total. The summed E-state index contributed by atoms with van der Waals surface area (Å²) in [4.78, 5) is 14.8. The minimum Gasteiger partial charge on any atom is -0.365 e. The number of carbonyl (C=O) groups excluding carboxylic acids is 1. The molecule has 2 N–H and O–H groups in total. The first-order chi connectivity index (χ1) is 13.6. The van der Waals surface area contributed by atoms with Gasteiger partial charge in [-0.2, -0.15) is 18.4 Å². The van der Waals surface area contributed by atoms with Crippen LogP contribution in [0.3, 0.4) is 0 Å². The van der Waals surface area contributed by atoms with Crippen molar-refractivity contribution in [3.8, 4) is 6.07 Å². The van der Waals surface area contributed by atoms with Gasteiger partial charge >= 0.3 is 6.18 Å². The number of carbonyl (C=O) groups is 1. The number of rotatable bonds is 1. The fourth-order valence-electron chi connectivity index (χ4n) is 6.14. The Kier molecular flexibility index (Phi) is 3.58. The zero-order valence-electron chi connectivity index (χ0n) is 15.9. The highest BCUT2D eigenvalue weighted by atomic mass is 19.4. The molecule has 4 aliphatic rings. The van der Waals surface area contributed by atoms with Gasteiger partial charge in [-0.1, -0.05) is 6.92 Å². The largest absolute Gasteiger partial charge is 0.417 e. The number of ether oxygens (including phenoxy) is 2. The molecule has 0 radical (unpaired) electrons. The normalized spacial score (nSPS) is 42.9. The zero-order chi connectivity index (χ0) is 20.9. The third kappa shape index (κ3) is 2.09. The van der Waals surface area contributed by atoms with Crippen molar-refractivity contribution in [2.75, 3.05) is 11.5 Å². The first-order valence-corrected chi connectivity index (χ1v) is 9.58. The van der Waals surface area contributed by atoms with E-state index < -0.39 is 40.7 Å². The maximum Gasteiger partial charge on any atom is 0.417 e. The van der Waals surface area contributed by atoms with E-state index in [2.05, 4.69) is 0 Å². The van der Waals surface area contributed by atoms with Crippen molar-refractivity contribution >= 4 is 11.6 Å². The molecule has 0 aliphatic carbocycles. The second kappa shape index (κ2) is 5.50. The summed E-state index contributed by atoms with van der Waals surface area (Å²) in [5.74, 6) is -1.22. The summed E-state index contributed by atoms with van der Waals surface area (Å²) in [6, 6.07) is 4.54. The fraction of sp³-hybridized carbons (Fsp3) is 0.600. The molecular weight excluding hydrogens is 387 g/mol. The van der Waals surface area contributed by atoms with Gasteiger partial charge < -0.3 is 15.2 Å². The molecule has 7 atom stereocenters. The Bertz CT molecular complexity index is 961. The number of alkyl halides is 3. The molecule has 4 heterocycles. The lowest BCUT2D eigenvalue weighted by molar-refractivity contribution is -0.148. The van der Waals surface area contributed by atoms with Gasteiger partial charge in [-0.3, -0.25) is 9.69 Å². The standard InChI is InChI=1S/C20H20F3N3O3/c1-9-15(25)18(2)13-14-17(28-6-5-19(9,14)29-18)26(16(13)27)11-4-3-10(8-24)12(7-11)20(21,22)23/h3-4,7,9,13-15,17H,5-6,25H2,1-2H3/t9-,13+,14-,15-,17-,18-,19-/m1/s1. The summed E-state index contributed by atoms with van der Waals surface area (Å²) < 4.78 is 52.7. The van der Waals surface area contributed by atoms with Gasteiger partial charge in [0.05, 0.1) is 40.9 Å². The van der Waals surface area contributed by atoms with E-state index >= 15 is 0 Å². The number of nitrogens with zero attached hydrogens (tertiary/aromatic N) is 2. The molecule has 0 aromatic heterocycles. The highest BCUT2D eigenvalue weighted by molar-refractivity contribution is 6.00. The van der Waals surface area contributed by atoms with Crippen molar-refractivity contribution in [3.63, 3.8) is 0 Å². The van der Waals surface area contributed by atoms with Crippen LogP contribution in [0.25, 0.3) is 0 Å². The van der Waals surface area contributed by atoms with Crippen LogP contribution in [0.1, 0.15) is 31.4 Å². The van der Waals surface area contributed by atoms with Crippen LogP contribution >= 0.6 is 0 Å². The average Bonchev–Trinajstić information content (AvgIpc) is 3.20. The van der Waals surface area contributed by atoms with Crippen molar-refractivity contribution in [3.05, 3.63) is 29.3 Å². The Morgan fingerprint density at radius 2 is 2.10 bits per heavy atom. The highest BCUT2D eigenvalue weighted by Crippen LogP contribution is 2.66. The fourth-order valence-corrected chi connectivity index (χ4v) is 6.14. The topological polar surface area (TPSA) is 88.6 Å². The molecule has 5 rings (SSSR count). The van der Waals surface area contributed by atoms with Crippen molar-refractivity contribution in [1.29, 1.82) is 5.26 Å². The highest BCUT2D eigenvalue weighted by Gasteiger charge is 2.79. The molecule has 1 spiro atoms. The quantitative estimate of drug-likeness (QED) is 0.772. The number of nitrogens with two attached hydrogens (primary N) is 1. The van der Waals surface area contributed by atoms with Crippen molar-refractivity contribution in [2.24, 2.45) is 23.5 Å². The van der Waals surface area contributed by atoms with E-state index in [1.807, 2.05) is 13.8 Å². The molecule has 0 saturated carbocycles. The maximum atomic E-state index is 13.5. The van der Waals surface area contributed by atoms with E-state index in [9.17, 15) is 18.0 Å². The summed E-state index contributed by atoms with van der Waals surface area (Å²) in [7, 11) is 0. The van der Waals surface area contributed by atoms with Crippen molar-refractivity contribution in [1.82, 2.24) is 0 Å². The first-order valence-electron chi connectivity index (χ1n) is 9.58. The van der Waals surface area contributed by atoms with E-state index in [0.717, 1.165) is 12.1 Å². The molecule has 29 heavy (non-hydrogen) atoms. The van der Waals surface area contributed by atoms with E-state index in [-0.39, 0.29) is 29.5 Å². The van der Waals surface area contributed by atoms with Crippen LogP contribution in [0.4, 0.5) is 18.9 Å². The summed E-state index contributed by atoms with van der Waals surface area (Å²) in [5.41, 5.74) is 3.44. The molecule has 154 valence electrons. The number of halogens is 3. The second-order valence-corrected chi connectivity index (χ2v) is 8.62. The second-order valence-electron chi connectivity index (χ2n) is 8.62. The SMILES string of the molecule is C[C@@H]1[C@@H](N)[C@]2(C)O[C@]13CCO[C@@H]1[C@H]3[C@H]2C(=O)N1c1ccc(C#N)c(C(F)(F)F)c1. The van der Waals surface area contributed by atoms with Crippen LogP contribution in [-0.2, 0) is 20.4 Å². The lowest BCUT2D eigenvalue weighted by Crippen LogP contribution is -2.60. The van der Waals surface area contributed by atoms with E-state index in [1.165, 1.54) is 11.0 Å². The Balaban J connectivity index is 1.64.